The standard InChI is InChI=1S/C33H42O4SSi2/c1-32(2,3)39(7,8)36-23-15-17-25-27(19-23)35-30(21-11-13-22(34)14-12-21)29-26-18-16-24(20-28(26)38-31(25)29)37-40(9,10)33(4,5)6/h11-20,30,34H,1-10H3. The highest BCUT2D eigenvalue weighted by Crippen LogP contribution is 2.53. The van der Waals surface area contributed by atoms with E-state index in [1.807, 2.05) is 12.1 Å². The van der Waals surface area contributed by atoms with Crippen LogP contribution in [0, 0.1) is 0 Å². The quantitative estimate of drug-likeness (QED) is 0.235. The zero-order valence-corrected chi connectivity index (χ0v) is 28.2. The van der Waals surface area contributed by atoms with Crippen LogP contribution in [0.25, 0.3) is 20.5 Å². The van der Waals surface area contributed by atoms with Gasteiger partial charge >= 0.3 is 0 Å². The third-order valence-electron chi connectivity index (χ3n) is 8.96. The van der Waals surface area contributed by atoms with E-state index < -0.39 is 16.6 Å². The minimum absolute atomic E-state index is 0.0984. The van der Waals surface area contributed by atoms with Crippen molar-refractivity contribution in [1.29, 1.82) is 0 Å². The second-order valence-corrected chi connectivity index (χ2v) is 24.5. The SMILES string of the molecule is CC(C)(C)[Si](C)(C)Oc1ccc2c(c1)OC(c1ccc(O)cc1)c1c-2sc2cc(O[Si](C)(C)C(C)(C)C)ccc12. The van der Waals surface area contributed by atoms with Crippen LogP contribution >= 0.6 is 11.3 Å². The van der Waals surface area contributed by atoms with Gasteiger partial charge in [-0.25, -0.2) is 0 Å². The number of thiophene rings is 1. The van der Waals surface area contributed by atoms with Crippen LogP contribution in [0.3, 0.4) is 0 Å². The van der Waals surface area contributed by atoms with Crippen molar-refractivity contribution in [2.24, 2.45) is 0 Å². The van der Waals surface area contributed by atoms with Gasteiger partial charge in [-0.15, -0.1) is 11.3 Å². The molecule has 1 aliphatic rings. The van der Waals surface area contributed by atoms with Crippen LogP contribution in [0.1, 0.15) is 58.8 Å². The summed E-state index contributed by atoms with van der Waals surface area (Å²) in [7, 11) is -3.97. The fourth-order valence-electron chi connectivity index (χ4n) is 4.44. The van der Waals surface area contributed by atoms with Gasteiger partial charge in [-0.2, -0.15) is 0 Å². The molecule has 5 rings (SSSR count). The lowest BCUT2D eigenvalue weighted by molar-refractivity contribution is 0.245. The summed E-state index contributed by atoms with van der Waals surface area (Å²) in [6, 6.07) is 20.1. The van der Waals surface area contributed by atoms with E-state index in [-0.39, 0.29) is 21.9 Å². The molecule has 1 aromatic heterocycles. The molecule has 0 radical (unpaired) electrons. The van der Waals surface area contributed by atoms with E-state index in [2.05, 4.69) is 104 Å². The topological polar surface area (TPSA) is 47.9 Å². The van der Waals surface area contributed by atoms with Crippen LogP contribution < -0.4 is 13.6 Å². The number of benzene rings is 3. The lowest BCUT2D eigenvalue weighted by Crippen LogP contribution is -2.43. The summed E-state index contributed by atoms with van der Waals surface area (Å²) in [6.45, 7) is 22.6. The van der Waals surface area contributed by atoms with Gasteiger partial charge in [-0.3, -0.25) is 0 Å². The molecule has 1 atom stereocenters. The molecule has 2 heterocycles. The zero-order chi connectivity index (χ0) is 29.3. The first kappa shape index (κ1) is 28.8. The maximum atomic E-state index is 9.97. The largest absolute Gasteiger partial charge is 0.543 e. The maximum absolute atomic E-state index is 9.97. The van der Waals surface area contributed by atoms with E-state index in [4.69, 9.17) is 13.6 Å². The van der Waals surface area contributed by atoms with E-state index in [1.54, 1.807) is 23.5 Å². The highest BCUT2D eigenvalue weighted by Gasteiger charge is 2.40. The number of ether oxygens (including phenoxy) is 1. The number of phenols is 1. The highest BCUT2D eigenvalue weighted by atomic mass is 32.1. The predicted octanol–water partition coefficient (Wildman–Crippen LogP) is 10.5. The molecular formula is C33H42O4SSi2. The zero-order valence-electron chi connectivity index (χ0n) is 25.4. The van der Waals surface area contributed by atoms with Crippen molar-refractivity contribution >= 4 is 38.1 Å². The summed E-state index contributed by atoms with van der Waals surface area (Å²) < 4.78 is 21.3. The van der Waals surface area contributed by atoms with E-state index in [9.17, 15) is 5.11 Å². The molecule has 0 spiro atoms. The molecule has 1 N–H and O–H groups in total. The molecule has 0 saturated carbocycles. The minimum atomic E-state index is -2.01. The van der Waals surface area contributed by atoms with Crippen molar-refractivity contribution in [3.05, 3.63) is 71.8 Å². The Labute approximate surface area is 245 Å². The first-order chi connectivity index (χ1) is 18.5. The Morgan fingerprint density at radius 2 is 1.30 bits per heavy atom. The lowest BCUT2D eigenvalue weighted by Gasteiger charge is -2.37. The maximum Gasteiger partial charge on any atom is 0.250 e. The lowest BCUT2D eigenvalue weighted by atomic mass is 9.93. The van der Waals surface area contributed by atoms with Crippen molar-refractivity contribution in [3.8, 4) is 33.4 Å². The number of hydrogen-bond acceptors (Lipinski definition) is 5. The number of phenolic OH excluding ortho intramolecular Hbond substituents is 1. The van der Waals surface area contributed by atoms with Crippen LogP contribution in [0.4, 0.5) is 0 Å². The summed E-state index contributed by atoms with van der Waals surface area (Å²) in [6.07, 6.45) is -0.299. The predicted molar refractivity (Wildman–Crippen MR) is 173 cm³/mol. The number of aromatic hydroxyl groups is 1. The Morgan fingerprint density at radius 3 is 1.88 bits per heavy atom. The van der Waals surface area contributed by atoms with Gasteiger partial charge in [0, 0.05) is 32.2 Å². The molecule has 40 heavy (non-hydrogen) atoms. The molecule has 7 heteroatoms. The second kappa shape index (κ2) is 9.67. The van der Waals surface area contributed by atoms with E-state index in [0.717, 1.165) is 33.9 Å². The van der Waals surface area contributed by atoms with Gasteiger partial charge in [0.1, 0.15) is 23.0 Å². The average Bonchev–Trinajstić information content (AvgIpc) is 3.21. The van der Waals surface area contributed by atoms with Crippen molar-refractivity contribution in [2.45, 2.75) is 83.9 Å². The average molecular weight is 591 g/mol. The summed E-state index contributed by atoms with van der Waals surface area (Å²) in [5.74, 6) is 2.85. The molecule has 1 unspecified atom stereocenters. The van der Waals surface area contributed by atoms with E-state index in [0.29, 0.717) is 0 Å². The first-order valence-electron chi connectivity index (χ1n) is 14.0. The first-order valence-corrected chi connectivity index (χ1v) is 20.6. The molecule has 4 aromatic rings. The van der Waals surface area contributed by atoms with Gasteiger partial charge in [0.15, 0.2) is 6.10 Å². The molecule has 3 aromatic carbocycles. The van der Waals surface area contributed by atoms with Crippen molar-refractivity contribution in [2.75, 3.05) is 0 Å². The van der Waals surface area contributed by atoms with E-state index in [1.165, 1.54) is 15.0 Å². The Morgan fingerprint density at radius 1 is 0.750 bits per heavy atom. The Balaban J connectivity index is 1.63. The van der Waals surface area contributed by atoms with E-state index >= 15 is 0 Å². The van der Waals surface area contributed by atoms with Crippen molar-refractivity contribution < 1.29 is 18.7 Å². The molecule has 1 aliphatic heterocycles. The van der Waals surface area contributed by atoms with Gasteiger partial charge in [-0.05, 0) is 84.3 Å². The molecule has 0 fully saturated rings. The van der Waals surface area contributed by atoms with Crippen molar-refractivity contribution in [3.63, 3.8) is 0 Å². The molecule has 0 amide bonds. The molecular weight excluding hydrogens is 549 g/mol. The Bertz CT molecular complexity index is 1560. The molecule has 212 valence electrons. The summed E-state index contributed by atoms with van der Waals surface area (Å²) in [4.78, 5) is 1.21. The summed E-state index contributed by atoms with van der Waals surface area (Å²) >= 11 is 1.79. The highest BCUT2D eigenvalue weighted by molar-refractivity contribution is 7.22. The smallest absolute Gasteiger partial charge is 0.250 e. The molecule has 0 saturated heterocycles. The van der Waals surface area contributed by atoms with Gasteiger partial charge < -0.3 is 18.7 Å². The van der Waals surface area contributed by atoms with Crippen molar-refractivity contribution in [1.82, 2.24) is 0 Å². The van der Waals surface area contributed by atoms with Crippen LogP contribution in [0.15, 0.2) is 60.7 Å². The van der Waals surface area contributed by atoms with Gasteiger partial charge in [0.2, 0.25) is 16.6 Å². The molecule has 0 bridgehead atoms. The van der Waals surface area contributed by atoms with Crippen LogP contribution in [0.5, 0.6) is 23.0 Å². The Kier molecular flexibility index (Phi) is 6.96. The fourth-order valence-corrected chi connectivity index (χ4v) is 7.77. The van der Waals surface area contributed by atoms with Gasteiger partial charge in [-0.1, -0.05) is 53.7 Å². The van der Waals surface area contributed by atoms with Gasteiger partial charge in [0.25, 0.3) is 0 Å². The third kappa shape index (κ3) is 5.19. The number of hydrogen-bond donors (Lipinski definition) is 1. The van der Waals surface area contributed by atoms with Gasteiger partial charge in [0.05, 0.1) is 0 Å². The summed E-state index contributed by atoms with van der Waals surface area (Å²) in [5, 5.41) is 11.4. The number of fused-ring (bicyclic) bond motifs is 5. The van der Waals surface area contributed by atoms with Crippen LogP contribution in [-0.4, -0.2) is 21.7 Å². The summed E-state index contributed by atoms with van der Waals surface area (Å²) in [5.41, 5.74) is 3.25. The normalized spacial score (nSPS) is 15.8. The molecule has 0 aliphatic carbocycles. The van der Waals surface area contributed by atoms with Crippen LogP contribution in [-0.2, 0) is 0 Å². The second-order valence-electron chi connectivity index (χ2n) is 14.0. The Hall–Kier alpha value is -2.75. The third-order valence-corrected chi connectivity index (χ3v) is 18.9. The number of rotatable bonds is 5. The van der Waals surface area contributed by atoms with Crippen LogP contribution in [0.2, 0.25) is 36.3 Å². The monoisotopic (exact) mass is 590 g/mol. The minimum Gasteiger partial charge on any atom is -0.543 e. The molecule has 4 nitrogen and oxygen atoms in total. The fraction of sp³-hybridized carbons (Fsp3) is 0.394.